The van der Waals surface area contributed by atoms with Gasteiger partial charge >= 0.3 is 23.9 Å². The molecule has 0 atom stereocenters. The van der Waals surface area contributed by atoms with Gasteiger partial charge in [-0.15, -0.1) is 0 Å². The second-order valence-electron chi connectivity index (χ2n) is 8.92. The number of carbonyl (C=O) groups excluding carboxylic acids is 4. The van der Waals surface area contributed by atoms with E-state index in [1.54, 1.807) is 7.11 Å². The number of unbranched alkanes of at least 4 members (excludes halogenated alkanes) is 9. The summed E-state index contributed by atoms with van der Waals surface area (Å²) < 4.78 is 24.5. The highest BCUT2D eigenvalue weighted by atomic mass is 16.6. The zero-order valence-electron chi connectivity index (χ0n) is 24.1. The maximum atomic E-state index is 11.3. The van der Waals surface area contributed by atoms with Gasteiger partial charge in [0.15, 0.2) is 0 Å². The molecule has 2 N–H and O–H groups in total. The van der Waals surface area contributed by atoms with E-state index in [0.717, 1.165) is 64.4 Å². The molecule has 0 heterocycles. The fourth-order valence-electron chi connectivity index (χ4n) is 3.02. The van der Waals surface area contributed by atoms with Gasteiger partial charge in [-0.3, -0.25) is 19.2 Å². The van der Waals surface area contributed by atoms with E-state index in [1.807, 2.05) is 0 Å². The van der Waals surface area contributed by atoms with E-state index >= 15 is 0 Å². The number of aliphatic hydroxyl groups excluding tert-OH is 2. The van der Waals surface area contributed by atoms with Crippen LogP contribution < -0.4 is 0 Å². The summed E-state index contributed by atoms with van der Waals surface area (Å²) in [6.07, 6.45) is 10.6. The van der Waals surface area contributed by atoms with Crippen molar-refractivity contribution in [3.8, 4) is 0 Å². The second kappa shape index (κ2) is 32.0. The molecule has 0 unspecified atom stereocenters. The van der Waals surface area contributed by atoms with Crippen molar-refractivity contribution < 1.29 is 53.1 Å². The molecule has 0 aliphatic carbocycles. The Hall–Kier alpha value is -2.24. The largest absolute Gasteiger partial charge is 0.465 e. The third-order valence-corrected chi connectivity index (χ3v) is 5.23. The van der Waals surface area contributed by atoms with Crippen LogP contribution in [0.15, 0.2) is 0 Å². The van der Waals surface area contributed by atoms with Crippen LogP contribution in [0.4, 0.5) is 0 Å². The lowest BCUT2D eigenvalue weighted by molar-refractivity contribution is -0.156. The standard InChI is InChI=1S/C15H28O5.C13H24O6/c1-3-4-5-8-11-19-14(16)13-15(17)20-12-9-6-7-10-18-2;14-7-3-1-5-9-18-12(16)11-13(17)19-10-6-2-4-8-15/h3-13H2,1-2H3;14-15H,1-11H2. The SMILES string of the molecule is CCCCCCOC(=O)CC(=O)OCCCCCOC.O=C(CC(=O)OCCCCCO)OCCCCCO. The van der Waals surface area contributed by atoms with Crippen LogP contribution in [-0.4, -0.2) is 87.4 Å². The van der Waals surface area contributed by atoms with Crippen LogP contribution in [-0.2, 0) is 42.9 Å². The summed E-state index contributed by atoms with van der Waals surface area (Å²) >= 11 is 0. The molecule has 230 valence electrons. The summed E-state index contributed by atoms with van der Waals surface area (Å²) in [5.41, 5.74) is 0. The lowest BCUT2D eigenvalue weighted by Crippen LogP contribution is -2.15. The molecule has 0 aromatic rings. The highest BCUT2D eigenvalue weighted by molar-refractivity contribution is 5.91. The molecule has 11 heteroatoms. The number of aliphatic hydroxyl groups is 2. The molecule has 39 heavy (non-hydrogen) atoms. The van der Waals surface area contributed by atoms with Crippen molar-refractivity contribution in [2.24, 2.45) is 0 Å². The van der Waals surface area contributed by atoms with E-state index in [0.29, 0.717) is 38.9 Å². The van der Waals surface area contributed by atoms with Crippen molar-refractivity contribution in [3.63, 3.8) is 0 Å². The molecule has 0 saturated heterocycles. The predicted octanol–water partition coefficient (Wildman–Crippen LogP) is 3.65. The zero-order valence-corrected chi connectivity index (χ0v) is 24.1. The number of hydrogen-bond acceptors (Lipinski definition) is 11. The lowest BCUT2D eigenvalue weighted by Gasteiger charge is -2.06. The van der Waals surface area contributed by atoms with Gasteiger partial charge in [0.05, 0.1) is 26.4 Å². The molecule has 0 aliphatic rings. The topological polar surface area (TPSA) is 155 Å². The van der Waals surface area contributed by atoms with E-state index in [4.69, 9.17) is 33.9 Å². The van der Waals surface area contributed by atoms with Crippen LogP contribution >= 0.6 is 0 Å². The van der Waals surface area contributed by atoms with Crippen LogP contribution in [0.3, 0.4) is 0 Å². The van der Waals surface area contributed by atoms with Crippen molar-refractivity contribution in [2.45, 2.75) is 103 Å². The van der Waals surface area contributed by atoms with Crippen LogP contribution in [0.2, 0.25) is 0 Å². The first kappa shape index (κ1) is 38.9. The highest BCUT2D eigenvalue weighted by Crippen LogP contribution is 2.02. The minimum atomic E-state index is -0.579. The molecule has 0 bridgehead atoms. The summed E-state index contributed by atoms with van der Waals surface area (Å²) in [7, 11) is 1.66. The second-order valence-corrected chi connectivity index (χ2v) is 8.92. The van der Waals surface area contributed by atoms with Gasteiger partial charge in [0.2, 0.25) is 0 Å². The van der Waals surface area contributed by atoms with E-state index in [9.17, 15) is 19.2 Å². The zero-order chi connectivity index (χ0) is 29.4. The molecule has 0 rings (SSSR count). The minimum Gasteiger partial charge on any atom is -0.465 e. The molecule has 0 fully saturated rings. The number of methoxy groups -OCH3 is 1. The van der Waals surface area contributed by atoms with E-state index in [-0.39, 0.29) is 39.3 Å². The fraction of sp³-hybridized carbons (Fsp3) is 0.857. The van der Waals surface area contributed by atoms with Crippen LogP contribution in [0, 0.1) is 0 Å². The van der Waals surface area contributed by atoms with Crippen molar-refractivity contribution in [1.82, 2.24) is 0 Å². The van der Waals surface area contributed by atoms with Gasteiger partial charge in [0, 0.05) is 26.9 Å². The Labute approximate surface area is 233 Å². The van der Waals surface area contributed by atoms with Gasteiger partial charge in [0.1, 0.15) is 12.8 Å². The first-order valence-electron chi connectivity index (χ1n) is 14.2. The molecular formula is C28H52O11. The smallest absolute Gasteiger partial charge is 0.317 e. The summed E-state index contributed by atoms with van der Waals surface area (Å²) in [4.78, 5) is 45.1. The predicted molar refractivity (Wildman–Crippen MR) is 145 cm³/mol. The molecule has 0 spiro atoms. The molecular weight excluding hydrogens is 512 g/mol. The Morgan fingerprint density at radius 2 is 0.769 bits per heavy atom. The van der Waals surface area contributed by atoms with E-state index < -0.39 is 23.9 Å². The number of ether oxygens (including phenoxy) is 5. The molecule has 0 aromatic carbocycles. The number of rotatable bonds is 25. The van der Waals surface area contributed by atoms with Crippen LogP contribution in [0.25, 0.3) is 0 Å². The summed E-state index contributed by atoms with van der Waals surface area (Å²) in [6.45, 7) is 4.39. The average molecular weight is 565 g/mol. The van der Waals surface area contributed by atoms with E-state index in [1.165, 1.54) is 0 Å². The number of hydrogen-bond donors (Lipinski definition) is 2. The number of carbonyl (C=O) groups is 4. The molecule has 0 aliphatic heterocycles. The van der Waals surface area contributed by atoms with Crippen molar-refractivity contribution in [2.75, 3.05) is 53.4 Å². The van der Waals surface area contributed by atoms with Gasteiger partial charge in [-0.25, -0.2) is 0 Å². The Balaban J connectivity index is 0. The van der Waals surface area contributed by atoms with Crippen molar-refractivity contribution in [1.29, 1.82) is 0 Å². The molecule has 0 radical (unpaired) electrons. The van der Waals surface area contributed by atoms with Gasteiger partial charge in [0.25, 0.3) is 0 Å². The van der Waals surface area contributed by atoms with Gasteiger partial charge in [-0.2, -0.15) is 0 Å². The summed E-state index contributed by atoms with van der Waals surface area (Å²) in [6, 6.07) is 0. The minimum absolute atomic E-state index is 0.135. The Bertz CT molecular complexity index is 572. The molecule has 0 amide bonds. The fourth-order valence-corrected chi connectivity index (χ4v) is 3.02. The Morgan fingerprint density at radius 1 is 0.462 bits per heavy atom. The van der Waals surface area contributed by atoms with Gasteiger partial charge < -0.3 is 33.9 Å². The van der Waals surface area contributed by atoms with E-state index in [2.05, 4.69) is 6.92 Å². The van der Waals surface area contributed by atoms with Gasteiger partial charge in [-0.05, 0) is 64.2 Å². The van der Waals surface area contributed by atoms with Gasteiger partial charge in [-0.1, -0.05) is 26.2 Å². The maximum absolute atomic E-state index is 11.3. The Kier molecular flexibility index (Phi) is 31.9. The molecule has 11 nitrogen and oxygen atoms in total. The quantitative estimate of drug-likeness (QED) is 0.0722. The monoisotopic (exact) mass is 564 g/mol. The van der Waals surface area contributed by atoms with Crippen LogP contribution in [0.1, 0.15) is 103 Å². The third kappa shape index (κ3) is 33.7. The lowest BCUT2D eigenvalue weighted by atomic mass is 10.2. The molecule has 0 aromatic heterocycles. The third-order valence-electron chi connectivity index (χ3n) is 5.23. The number of esters is 4. The molecule has 0 saturated carbocycles. The highest BCUT2D eigenvalue weighted by Gasteiger charge is 2.12. The maximum Gasteiger partial charge on any atom is 0.317 e. The normalized spacial score (nSPS) is 10.3. The summed E-state index contributed by atoms with van der Waals surface area (Å²) in [5.74, 6) is -2.16. The first-order valence-corrected chi connectivity index (χ1v) is 14.2. The van der Waals surface area contributed by atoms with Crippen LogP contribution in [0.5, 0.6) is 0 Å². The summed E-state index contributed by atoms with van der Waals surface area (Å²) in [5, 5.41) is 17.1. The average Bonchev–Trinajstić information content (AvgIpc) is 2.90. The Morgan fingerprint density at radius 3 is 1.08 bits per heavy atom. The van der Waals surface area contributed by atoms with Crippen molar-refractivity contribution in [3.05, 3.63) is 0 Å². The van der Waals surface area contributed by atoms with Crippen molar-refractivity contribution >= 4 is 23.9 Å². The first-order chi connectivity index (χ1) is 18.9.